The van der Waals surface area contributed by atoms with E-state index in [0.29, 0.717) is 12.0 Å². The number of hydrogen-bond acceptors (Lipinski definition) is 2. The highest BCUT2D eigenvalue weighted by molar-refractivity contribution is 5.55. The molecule has 1 aliphatic heterocycles. The summed E-state index contributed by atoms with van der Waals surface area (Å²) < 4.78 is 0. The lowest BCUT2D eigenvalue weighted by atomic mass is 10.1. The van der Waals surface area contributed by atoms with Crippen LogP contribution in [0, 0.1) is 5.92 Å². The van der Waals surface area contributed by atoms with Crippen molar-refractivity contribution < 1.29 is 0 Å². The molecule has 0 radical (unpaired) electrons. The second-order valence-electron chi connectivity index (χ2n) is 5.42. The van der Waals surface area contributed by atoms with Gasteiger partial charge in [0, 0.05) is 30.5 Å². The number of nitrogens with zero attached hydrogens (tertiary/aromatic N) is 1. The molecule has 1 fully saturated rings. The second-order valence-corrected chi connectivity index (χ2v) is 5.42. The van der Waals surface area contributed by atoms with Crippen LogP contribution in [0.3, 0.4) is 0 Å². The van der Waals surface area contributed by atoms with Crippen LogP contribution < -0.4 is 10.2 Å². The summed E-state index contributed by atoms with van der Waals surface area (Å²) in [6.45, 7) is 9.16. The van der Waals surface area contributed by atoms with Crippen molar-refractivity contribution in [3.05, 3.63) is 24.3 Å². The molecule has 0 bridgehead atoms. The minimum atomic E-state index is 0.521. The number of nitrogens with one attached hydrogen (secondary N) is 1. The van der Waals surface area contributed by atoms with E-state index < -0.39 is 0 Å². The number of rotatable bonds is 4. The third-order valence-corrected chi connectivity index (χ3v) is 3.73. The first-order valence-corrected chi connectivity index (χ1v) is 6.78. The minimum Gasteiger partial charge on any atom is -0.382 e. The molecule has 1 aromatic carbocycles. The smallest absolute Gasteiger partial charge is 0.0367 e. The third-order valence-electron chi connectivity index (χ3n) is 3.73. The highest BCUT2D eigenvalue weighted by Crippen LogP contribution is 2.22. The van der Waals surface area contributed by atoms with E-state index in [-0.39, 0.29) is 0 Å². The van der Waals surface area contributed by atoms with Gasteiger partial charge in [0.2, 0.25) is 0 Å². The highest BCUT2D eigenvalue weighted by Gasteiger charge is 2.12. The Morgan fingerprint density at radius 2 is 1.59 bits per heavy atom. The number of hydrogen-bond donors (Lipinski definition) is 1. The van der Waals surface area contributed by atoms with E-state index >= 15 is 0 Å². The molecule has 1 unspecified atom stereocenters. The molecule has 0 aliphatic carbocycles. The fraction of sp³-hybridized carbons (Fsp3) is 0.600. The normalized spacial score (nSPS) is 17.5. The van der Waals surface area contributed by atoms with Crippen molar-refractivity contribution in [3.63, 3.8) is 0 Å². The van der Waals surface area contributed by atoms with Crippen LogP contribution >= 0.6 is 0 Å². The van der Waals surface area contributed by atoms with E-state index in [9.17, 15) is 0 Å². The Balaban J connectivity index is 1.97. The lowest BCUT2D eigenvalue weighted by Gasteiger charge is -2.21. The summed E-state index contributed by atoms with van der Waals surface area (Å²) >= 11 is 0. The van der Waals surface area contributed by atoms with Gasteiger partial charge in [0.05, 0.1) is 0 Å². The van der Waals surface area contributed by atoms with Gasteiger partial charge in [-0.2, -0.15) is 0 Å². The molecule has 0 spiro atoms. The van der Waals surface area contributed by atoms with Gasteiger partial charge in [0.15, 0.2) is 0 Å². The van der Waals surface area contributed by atoms with Crippen molar-refractivity contribution in [2.75, 3.05) is 23.3 Å². The summed E-state index contributed by atoms with van der Waals surface area (Å²) in [5.41, 5.74) is 2.60. The van der Waals surface area contributed by atoms with Crippen LogP contribution in [0.2, 0.25) is 0 Å². The van der Waals surface area contributed by atoms with E-state index in [1.165, 1.54) is 37.3 Å². The zero-order valence-corrected chi connectivity index (χ0v) is 11.2. The third kappa shape index (κ3) is 3.15. The van der Waals surface area contributed by atoms with Crippen molar-refractivity contribution in [1.29, 1.82) is 0 Å². The molecule has 1 atom stereocenters. The number of anilines is 2. The first kappa shape index (κ1) is 12.3. The van der Waals surface area contributed by atoms with Crippen LogP contribution in [0.5, 0.6) is 0 Å². The first-order valence-electron chi connectivity index (χ1n) is 6.78. The second kappa shape index (κ2) is 5.44. The molecule has 2 heteroatoms. The Labute approximate surface area is 105 Å². The Bertz CT molecular complexity index is 336. The fourth-order valence-corrected chi connectivity index (χ4v) is 2.17. The van der Waals surface area contributed by atoms with Gasteiger partial charge in [-0.3, -0.25) is 0 Å². The molecule has 1 N–H and O–H groups in total. The van der Waals surface area contributed by atoms with Crippen LogP contribution in [0.15, 0.2) is 24.3 Å². The molecule has 1 aliphatic rings. The molecule has 1 aromatic rings. The van der Waals surface area contributed by atoms with Crippen molar-refractivity contribution in [3.8, 4) is 0 Å². The van der Waals surface area contributed by atoms with Crippen molar-refractivity contribution in [1.82, 2.24) is 0 Å². The van der Waals surface area contributed by atoms with Gasteiger partial charge in [0.25, 0.3) is 0 Å². The molecule has 17 heavy (non-hydrogen) atoms. The van der Waals surface area contributed by atoms with E-state index in [0.717, 1.165) is 0 Å². The zero-order valence-electron chi connectivity index (χ0n) is 11.2. The van der Waals surface area contributed by atoms with Gasteiger partial charge in [-0.1, -0.05) is 13.8 Å². The van der Waals surface area contributed by atoms with E-state index in [1.807, 2.05) is 0 Å². The summed E-state index contributed by atoms with van der Waals surface area (Å²) in [5, 5.41) is 3.54. The molecular formula is C15H24N2. The molecular weight excluding hydrogens is 208 g/mol. The molecule has 1 heterocycles. The van der Waals surface area contributed by atoms with Gasteiger partial charge >= 0.3 is 0 Å². The monoisotopic (exact) mass is 232 g/mol. The molecule has 0 saturated carbocycles. The standard InChI is InChI=1S/C15H24N2/c1-12(2)13(3)16-14-6-8-15(9-7-14)17-10-4-5-11-17/h6-9,12-13,16H,4-5,10-11H2,1-3H3. The van der Waals surface area contributed by atoms with Crippen molar-refractivity contribution in [2.45, 2.75) is 39.7 Å². The van der Waals surface area contributed by atoms with Crippen molar-refractivity contribution in [2.24, 2.45) is 5.92 Å². The summed E-state index contributed by atoms with van der Waals surface area (Å²) in [5.74, 6) is 0.660. The van der Waals surface area contributed by atoms with Gasteiger partial charge in [-0.15, -0.1) is 0 Å². The van der Waals surface area contributed by atoms with E-state index in [1.54, 1.807) is 0 Å². The quantitative estimate of drug-likeness (QED) is 0.850. The lowest BCUT2D eigenvalue weighted by molar-refractivity contribution is 0.560. The van der Waals surface area contributed by atoms with Gasteiger partial charge in [-0.05, 0) is 49.9 Å². The van der Waals surface area contributed by atoms with E-state index in [4.69, 9.17) is 0 Å². The van der Waals surface area contributed by atoms with Crippen molar-refractivity contribution >= 4 is 11.4 Å². The first-order chi connectivity index (χ1) is 8.16. The molecule has 1 saturated heterocycles. The maximum absolute atomic E-state index is 3.54. The molecule has 0 amide bonds. The summed E-state index contributed by atoms with van der Waals surface area (Å²) in [7, 11) is 0. The SMILES string of the molecule is CC(C)C(C)Nc1ccc(N2CCCC2)cc1. The summed E-state index contributed by atoms with van der Waals surface area (Å²) in [4.78, 5) is 2.47. The van der Waals surface area contributed by atoms with Crippen LogP contribution in [-0.2, 0) is 0 Å². The Morgan fingerprint density at radius 1 is 1.00 bits per heavy atom. The Morgan fingerprint density at radius 3 is 2.12 bits per heavy atom. The summed E-state index contributed by atoms with van der Waals surface area (Å²) in [6.07, 6.45) is 2.68. The van der Waals surface area contributed by atoms with Crippen LogP contribution in [0.25, 0.3) is 0 Å². The topological polar surface area (TPSA) is 15.3 Å². The maximum atomic E-state index is 3.54. The maximum Gasteiger partial charge on any atom is 0.0367 e. The largest absolute Gasteiger partial charge is 0.382 e. The van der Waals surface area contributed by atoms with Gasteiger partial charge in [0.1, 0.15) is 0 Å². The van der Waals surface area contributed by atoms with Gasteiger partial charge in [-0.25, -0.2) is 0 Å². The lowest BCUT2D eigenvalue weighted by Crippen LogP contribution is -2.21. The van der Waals surface area contributed by atoms with Crippen LogP contribution in [-0.4, -0.2) is 19.1 Å². The Hall–Kier alpha value is -1.18. The van der Waals surface area contributed by atoms with E-state index in [2.05, 4.69) is 55.3 Å². The average molecular weight is 232 g/mol. The highest BCUT2D eigenvalue weighted by atomic mass is 15.1. The fourth-order valence-electron chi connectivity index (χ4n) is 2.17. The predicted octanol–water partition coefficient (Wildman–Crippen LogP) is 3.74. The molecule has 2 rings (SSSR count). The molecule has 2 nitrogen and oxygen atoms in total. The zero-order chi connectivity index (χ0) is 12.3. The number of benzene rings is 1. The predicted molar refractivity (Wildman–Crippen MR) is 75.8 cm³/mol. The minimum absolute atomic E-state index is 0.521. The van der Waals surface area contributed by atoms with Crippen LogP contribution in [0.1, 0.15) is 33.6 Å². The molecule has 94 valence electrons. The van der Waals surface area contributed by atoms with Gasteiger partial charge < -0.3 is 10.2 Å². The Kier molecular flexibility index (Phi) is 3.93. The van der Waals surface area contributed by atoms with Crippen LogP contribution in [0.4, 0.5) is 11.4 Å². The molecule has 0 aromatic heterocycles. The summed E-state index contributed by atoms with van der Waals surface area (Å²) in [6, 6.07) is 9.40. The average Bonchev–Trinajstić information content (AvgIpc) is 2.83.